The molecular weight excluding hydrogens is 218 g/mol. The molecule has 5 heteroatoms. The number of rotatable bonds is 2. The number of nitrogens with one attached hydrogen (secondary N) is 1. The van der Waals surface area contributed by atoms with Gasteiger partial charge in [-0.25, -0.2) is 0 Å². The molecule has 3 rings (SSSR count). The Hall–Kier alpha value is -2.43. The molecule has 2 aromatic heterocycles. The molecule has 2 heterocycles. The molecule has 0 saturated carbocycles. The van der Waals surface area contributed by atoms with Gasteiger partial charge in [0, 0.05) is 5.56 Å². The van der Waals surface area contributed by atoms with Gasteiger partial charge in [0.25, 0.3) is 0 Å². The van der Waals surface area contributed by atoms with Gasteiger partial charge < -0.3 is 4.42 Å². The van der Waals surface area contributed by atoms with Gasteiger partial charge in [0.2, 0.25) is 0 Å². The first-order valence-corrected chi connectivity index (χ1v) is 5.15. The van der Waals surface area contributed by atoms with Crippen molar-refractivity contribution in [3.05, 3.63) is 35.6 Å². The lowest BCUT2D eigenvalue weighted by Crippen LogP contribution is -1.84. The minimum absolute atomic E-state index is 0.305. The van der Waals surface area contributed by atoms with Gasteiger partial charge in [0.15, 0.2) is 12.0 Å². The second-order valence-electron chi connectivity index (χ2n) is 3.77. The minimum Gasteiger partial charge on any atom is -0.453 e. The van der Waals surface area contributed by atoms with Gasteiger partial charge in [-0.3, -0.25) is 4.79 Å². The number of hydrogen-bond acceptors (Lipinski definition) is 4. The average molecular weight is 227 g/mol. The number of aromatic nitrogens is 3. The Balaban J connectivity index is 2.31. The first-order valence-electron chi connectivity index (χ1n) is 5.15. The van der Waals surface area contributed by atoms with Crippen molar-refractivity contribution < 1.29 is 9.21 Å². The van der Waals surface area contributed by atoms with Crippen LogP contribution in [-0.2, 0) is 0 Å². The van der Waals surface area contributed by atoms with E-state index in [9.17, 15) is 4.79 Å². The van der Waals surface area contributed by atoms with Crippen molar-refractivity contribution in [2.24, 2.45) is 0 Å². The lowest BCUT2D eigenvalue weighted by molar-refractivity contribution is 0.110. The van der Waals surface area contributed by atoms with Gasteiger partial charge in [-0.15, -0.1) is 0 Å². The Kier molecular flexibility index (Phi) is 2.04. The molecule has 0 radical (unpaired) electrons. The molecule has 0 unspecified atom stereocenters. The highest BCUT2D eigenvalue weighted by molar-refractivity contribution is 5.92. The average Bonchev–Trinajstić information content (AvgIpc) is 2.96. The van der Waals surface area contributed by atoms with Gasteiger partial charge in [-0.1, -0.05) is 6.07 Å². The van der Waals surface area contributed by atoms with Crippen molar-refractivity contribution in [2.75, 3.05) is 0 Å². The van der Waals surface area contributed by atoms with Gasteiger partial charge >= 0.3 is 0 Å². The number of aldehydes is 1. The van der Waals surface area contributed by atoms with Crippen molar-refractivity contribution in [2.45, 2.75) is 6.92 Å². The predicted molar refractivity (Wildman–Crippen MR) is 61.7 cm³/mol. The van der Waals surface area contributed by atoms with Crippen LogP contribution in [0.5, 0.6) is 0 Å². The molecule has 1 aromatic carbocycles. The zero-order valence-corrected chi connectivity index (χ0v) is 9.10. The predicted octanol–water partition coefficient (Wildman–Crippen LogP) is 2.34. The van der Waals surface area contributed by atoms with Gasteiger partial charge in [-0.05, 0) is 30.7 Å². The van der Waals surface area contributed by atoms with Gasteiger partial charge in [0.05, 0.1) is 0 Å². The van der Waals surface area contributed by atoms with Crippen LogP contribution in [0.3, 0.4) is 0 Å². The summed E-state index contributed by atoms with van der Waals surface area (Å²) in [4.78, 5) is 10.6. The quantitative estimate of drug-likeness (QED) is 0.682. The molecule has 5 nitrogen and oxygen atoms in total. The summed E-state index contributed by atoms with van der Waals surface area (Å²) in [7, 11) is 0. The van der Waals surface area contributed by atoms with Crippen LogP contribution in [0.1, 0.15) is 16.1 Å². The third kappa shape index (κ3) is 1.44. The van der Waals surface area contributed by atoms with E-state index in [-0.39, 0.29) is 0 Å². The maximum atomic E-state index is 10.6. The fraction of sp³-hybridized carbons (Fsp3) is 0.0833. The molecule has 17 heavy (non-hydrogen) atoms. The number of fused-ring (bicyclic) bond motifs is 1. The SMILES string of the molecule is Cc1ccc2n[nH]nc2c1-c1ccc(C=O)o1. The van der Waals surface area contributed by atoms with Crippen LogP contribution in [0.25, 0.3) is 22.4 Å². The van der Waals surface area contributed by atoms with E-state index in [0.717, 1.165) is 22.2 Å². The van der Waals surface area contributed by atoms with Crippen molar-refractivity contribution in [3.63, 3.8) is 0 Å². The van der Waals surface area contributed by atoms with Crippen LogP contribution in [0.15, 0.2) is 28.7 Å². The first kappa shape index (κ1) is 9.77. The summed E-state index contributed by atoms with van der Waals surface area (Å²) < 4.78 is 5.43. The van der Waals surface area contributed by atoms with Crippen LogP contribution >= 0.6 is 0 Å². The summed E-state index contributed by atoms with van der Waals surface area (Å²) in [5.41, 5.74) is 3.41. The molecular formula is C12H9N3O2. The Bertz CT molecular complexity index is 697. The third-order valence-corrected chi connectivity index (χ3v) is 2.69. The Morgan fingerprint density at radius 2 is 2.12 bits per heavy atom. The largest absolute Gasteiger partial charge is 0.453 e. The zero-order valence-electron chi connectivity index (χ0n) is 9.10. The van der Waals surface area contributed by atoms with Crippen LogP contribution in [-0.4, -0.2) is 21.7 Å². The minimum atomic E-state index is 0.305. The van der Waals surface area contributed by atoms with E-state index in [4.69, 9.17) is 4.42 Å². The zero-order chi connectivity index (χ0) is 11.8. The van der Waals surface area contributed by atoms with E-state index in [2.05, 4.69) is 15.4 Å². The number of aromatic amines is 1. The molecule has 0 spiro atoms. The molecule has 0 aliphatic heterocycles. The highest BCUT2D eigenvalue weighted by atomic mass is 16.3. The molecule has 3 aromatic rings. The van der Waals surface area contributed by atoms with Crippen molar-refractivity contribution in [1.29, 1.82) is 0 Å². The van der Waals surface area contributed by atoms with Gasteiger partial charge in [-0.2, -0.15) is 15.4 Å². The number of aryl methyl sites for hydroxylation is 1. The number of H-pyrrole nitrogens is 1. The Labute approximate surface area is 96.4 Å². The fourth-order valence-corrected chi connectivity index (χ4v) is 1.87. The first-order chi connectivity index (χ1) is 8.29. The van der Waals surface area contributed by atoms with Gasteiger partial charge in [0.1, 0.15) is 16.8 Å². The molecule has 0 saturated heterocycles. The summed E-state index contributed by atoms with van der Waals surface area (Å²) in [6.07, 6.45) is 0.682. The van der Waals surface area contributed by atoms with Crippen LogP contribution in [0.4, 0.5) is 0 Å². The summed E-state index contributed by atoms with van der Waals surface area (Å²) in [5.74, 6) is 0.934. The molecule has 0 bridgehead atoms. The number of hydrogen-bond donors (Lipinski definition) is 1. The number of carbonyl (C=O) groups excluding carboxylic acids is 1. The third-order valence-electron chi connectivity index (χ3n) is 2.69. The second-order valence-corrected chi connectivity index (χ2v) is 3.77. The van der Waals surface area contributed by atoms with E-state index in [1.807, 2.05) is 19.1 Å². The summed E-state index contributed by atoms with van der Waals surface area (Å²) >= 11 is 0. The molecule has 0 fully saturated rings. The van der Waals surface area contributed by atoms with E-state index in [0.29, 0.717) is 17.8 Å². The lowest BCUT2D eigenvalue weighted by Gasteiger charge is -2.02. The van der Waals surface area contributed by atoms with Crippen LogP contribution in [0, 0.1) is 6.92 Å². The topological polar surface area (TPSA) is 71.8 Å². The maximum absolute atomic E-state index is 10.6. The van der Waals surface area contributed by atoms with E-state index in [1.165, 1.54) is 0 Å². The number of furan rings is 1. The number of benzene rings is 1. The maximum Gasteiger partial charge on any atom is 0.185 e. The van der Waals surface area contributed by atoms with E-state index in [1.54, 1.807) is 12.1 Å². The molecule has 0 atom stereocenters. The summed E-state index contributed by atoms with van der Waals surface area (Å²) in [6.45, 7) is 1.96. The standard InChI is InChI=1S/C12H9N3O2/c1-7-2-4-9-12(14-15-13-9)11(7)10-5-3-8(6-16)17-10/h2-6H,1H3,(H,13,14,15). The van der Waals surface area contributed by atoms with Crippen molar-refractivity contribution in [3.8, 4) is 11.3 Å². The summed E-state index contributed by atoms with van der Waals surface area (Å²) in [5, 5.41) is 10.7. The summed E-state index contributed by atoms with van der Waals surface area (Å²) in [6, 6.07) is 7.24. The van der Waals surface area contributed by atoms with Crippen molar-refractivity contribution >= 4 is 17.3 Å². The van der Waals surface area contributed by atoms with E-state index < -0.39 is 0 Å². The molecule has 0 amide bonds. The number of nitrogens with zero attached hydrogens (tertiary/aromatic N) is 2. The lowest BCUT2D eigenvalue weighted by atomic mass is 10.0. The Morgan fingerprint density at radius 3 is 2.88 bits per heavy atom. The van der Waals surface area contributed by atoms with Crippen LogP contribution < -0.4 is 0 Å². The normalized spacial score (nSPS) is 10.9. The smallest absolute Gasteiger partial charge is 0.185 e. The molecule has 0 aliphatic carbocycles. The highest BCUT2D eigenvalue weighted by Gasteiger charge is 2.13. The molecule has 84 valence electrons. The number of carbonyl (C=O) groups is 1. The highest BCUT2D eigenvalue weighted by Crippen LogP contribution is 2.30. The Morgan fingerprint density at radius 1 is 1.24 bits per heavy atom. The molecule has 1 N–H and O–H groups in total. The molecule has 0 aliphatic rings. The second kappa shape index (κ2) is 3.55. The monoisotopic (exact) mass is 227 g/mol. The fourth-order valence-electron chi connectivity index (χ4n) is 1.87. The van der Waals surface area contributed by atoms with Crippen molar-refractivity contribution in [1.82, 2.24) is 15.4 Å². The van der Waals surface area contributed by atoms with E-state index >= 15 is 0 Å². The van der Waals surface area contributed by atoms with Crippen LogP contribution in [0.2, 0.25) is 0 Å².